The molecule has 2 rings (SSSR count). The Morgan fingerprint density at radius 2 is 1.82 bits per heavy atom. The van der Waals surface area contributed by atoms with Crippen LogP contribution in [-0.2, 0) is 6.42 Å². The summed E-state index contributed by atoms with van der Waals surface area (Å²) < 4.78 is 0. The van der Waals surface area contributed by atoms with Gasteiger partial charge in [-0.05, 0) is 44.4 Å². The molecule has 0 saturated heterocycles. The molecule has 1 heterocycles. The molecule has 0 radical (unpaired) electrons. The predicted octanol–water partition coefficient (Wildman–Crippen LogP) is 3.85. The maximum absolute atomic E-state index is 4.76. The lowest BCUT2D eigenvalue weighted by Crippen LogP contribution is -2.02. The summed E-state index contributed by atoms with van der Waals surface area (Å²) in [5, 5.41) is 4.72. The highest BCUT2D eigenvalue weighted by Gasteiger charge is 2.08. The molecule has 0 atom stereocenters. The van der Waals surface area contributed by atoms with E-state index in [9.17, 15) is 0 Å². The minimum Gasteiger partial charge on any atom is -0.385 e. The highest BCUT2D eigenvalue weighted by atomic mass is 14.9. The molecular formula is C15H20N2. The first-order valence-corrected chi connectivity index (χ1v) is 6.31. The number of benzene rings is 1. The van der Waals surface area contributed by atoms with Crippen molar-refractivity contribution in [2.24, 2.45) is 0 Å². The zero-order valence-corrected chi connectivity index (χ0v) is 11.1. The highest BCUT2D eigenvalue weighted by Crippen LogP contribution is 2.28. The van der Waals surface area contributed by atoms with Crippen molar-refractivity contribution in [2.45, 2.75) is 34.1 Å². The van der Waals surface area contributed by atoms with Crippen molar-refractivity contribution in [1.29, 1.82) is 0 Å². The Hall–Kier alpha value is -1.57. The Balaban J connectivity index is 2.80. The summed E-state index contributed by atoms with van der Waals surface area (Å²) >= 11 is 0. The van der Waals surface area contributed by atoms with E-state index in [0.717, 1.165) is 24.2 Å². The number of nitrogens with one attached hydrogen (secondary N) is 1. The van der Waals surface area contributed by atoms with Crippen molar-refractivity contribution in [3.05, 3.63) is 35.0 Å². The third-order valence-corrected chi connectivity index (χ3v) is 3.15. The second kappa shape index (κ2) is 4.74. The SMILES string of the molecule is CCNc1cc(CC)nc2c(C)ccc(C)c12. The summed E-state index contributed by atoms with van der Waals surface area (Å²) in [6.45, 7) is 9.49. The second-order valence-electron chi connectivity index (χ2n) is 4.47. The van der Waals surface area contributed by atoms with E-state index in [0.29, 0.717) is 0 Å². The lowest BCUT2D eigenvalue weighted by Gasteiger charge is -2.13. The Bertz CT molecular complexity index is 544. The van der Waals surface area contributed by atoms with E-state index in [-0.39, 0.29) is 0 Å². The van der Waals surface area contributed by atoms with Crippen LogP contribution >= 0.6 is 0 Å². The van der Waals surface area contributed by atoms with Crippen LogP contribution in [0.4, 0.5) is 5.69 Å². The number of nitrogens with zero attached hydrogens (tertiary/aromatic N) is 1. The number of aromatic nitrogens is 1. The molecule has 2 nitrogen and oxygen atoms in total. The van der Waals surface area contributed by atoms with Gasteiger partial charge < -0.3 is 5.32 Å². The summed E-state index contributed by atoms with van der Waals surface area (Å²) in [5.74, 6) is 0. The second-order valence-corrected chi connectivity index (χ2v) is 4.47. The van der Waals surface area contributed by atoms with Crippen LogP contribution in [0.25, 0.3) is 10.9 Å². The van der Waals surface area contributed by atoms with Gasteiger partial charge in [0.2, 0.25) is 0 Å². The molecule has 0 unspecified atom stereocenters. The number of pyridine rings is 1. The first kappa shape index (κ1) is 11.9. The molecule has 0 aliphatic rings. The van der Waals surface area contributed by atoms with Crippen molar-refractivity contribution in [3.63, 3.8) is 0 Å². The first-order valence-electron chi connectivity index (χ1n) is 6.31. The normalized spacial score (nSPS) is 10.8. The first-order chi connectivity index (χ1) is 8.17. The van der Waals surface area contributed by atoms with Gasteiger partial charge in [-0.1, -0.05) is 19.1 Å². The zero-order valence-electron chi connectivity index (χ0n) is 11.1. The molecule has 0 spiro atoms. The van der Waals surface area contributed by atoms with Crippen LogP contribution in [0.2, 0.25) is 0 Å². The molecule has 1 N–H and O–H groups in total. The van der Waals surface area contributed by atoms with Crippen LogP contribution in [0.3, 0.4) is 0 Å². The maximum atomic E-state index is 4.76. The topological polar surface area (TPSA) is 24.9 Å². The molecule has 17 heavy (non-hydrogen) atoms. The van der Waals surface area contributed by atoms with Gasteiger partial charge in [0, 0.05) is 23.3 Å². The lowest BCUT2D eigenvalue weighted by atomic mass is 10.0. The van der Waals surface area contributed by atoms with E-state index in [4.69, 9.17) is 4.98 Å². The summed E-state index contributed by atoms with van der Waals surface area (Å²) in [7, 11) is 0. The fourth-order valence-corrected chi connectivity index (χ4v) is 2.21. The third-order valence-electron chi connectivity index (χ3n) is 3.15. The molecule has 2 aromatic rings. The fraction of sp³-hybridized carbons (Fsp3) is 0.400. The van der Waals surface area contributed by atoms with Gasteiger partial charge in [-0.15, -0.1) is 0 Å². The molecule has 2 heteroatoms. The van der Waals surface area contributed by atoms with Crippen molar-refractivity contribution >= 4 is 16.6 Å². The Morgan fingerprint density at radius 1 is 1.12 bits per heavy atom. The summed E-state index contributed by atoms with van der Waals surface area (Å²) in [5.41, 5.74) is 6.05. The van der Waals surface area contributed by atoms with Gasteiger partial charge in [0.15, 0.2) is 0 Å². The van der Waals surface area contributed by atoms with E-state index in [1.54, 1.807) is 0 Å². The van der Waals surface area contributed by atoms with Crippen LogP contribution < -0.4 is 5.32 Å². The Kier molecular flexibility index (Phi) is 3.32. The highest BCUT2D eigenvalue weighted by molar-refractivity contribution is 5.96. The summed E-state index contributed by atoms with van der Waals surface area (Å²) in [4.78, 5) is 4.76. The van der Waals surface area contributed by atoms with Crippen LogP contribution in [0.1, 0.15) is 30.7 Å². The smallest absolute Gasteiger partial charge is 0.0757 e. The predicted molar refractivity (Wildman–Crippen MR) is 74.8 cm³/mol. The van der Waals surface area contributed by atoms with E-state index in [2.05, 4.69) is 51.2 Å². The van der Waals surface area contributed by atoms with E-state index in [1.165, 1.54) is 22.2 Å². The monoisotopic (exact) mass is 228 g/mol. The average Bonchev–Trinajstić information content (AvgIpc) is 2.34. The molecule has 1 aromatic carbocycles. The Morgan fingerprint density at radius 3 is 2.47 bits per heavy atom. The van der Waals surface area contributed by atoms with Crippen LogP contribution in [0, 0.1) is 13.8 Å². The largest absolute Gasteiger partial charge is 0.385 e. The van der Waals surface area contributed by atoms with Crippen molar-refractivity contribution in [1.82, 2.24) is 4.98 Å². The molecule has 0 saturated carbocycles. The van der Waals surface area contributed by atoms with E-state index in [1.807, 2.05) is 0 Å². The van der Waals surface area contributed by atoms with Gasteiger partial charge in [-0.2, -0.15) is 0 Å². The van der Waals surface area contributed by atoms with E-state index >= 15 is 0 Å². The zero-order chi connectivity index (χ0) is 12.4. The minimum atomic E-state index is 0.940. The van der Waals surface area contributed by atoms with Crippen molar-refractivity contribution < 1.29 is 0 Å². The molecule has 1 aromatic heterocycles. The number of fused-ring (bicyclic) bond motifs is 1. The molecule has 90 valence electrons. The molecule has 0 fully saturated rings. The number of rotatable bonds is 3. The molecule has 0 aliphatic heterocycles. The van der Waals surface area contributed by atoms with Crippen LogP contribution in [-0.4, -0.2) is 11.5 Å². The number of hydrogen-bond acceptors (Lipinski definition) is 2. The molecule has 0 aliphatic carbocycles. The van der Waals surface area contributed by atoms with Crippen molar-refractivity contribution in [2.75, 3.05) is 11.9 Å². The minimum absolute atomic E-state index is 0.940. The lowest BCUT2D eigenvalue weighted by molar-refractivity contribution is 1.05. The maximum Gasteiger partial charge on any atom is 0.0757 e. The summed E-state index contributed by atoms with van der Waals surface area (Å²) in [6.07, 6.45) is 0.974. The van der Waals surface area contributed by atoms with Gasteiger partial charge in [-0.25, -0.2) is 0 Å². The van der Waals surface area contributed by atoms with Gasteiger partial charge in [-0.3, -0.25) is 4.98 Å². The van der Waals surface area contributed by atoms with Crippen LogP contribution in [0.15, 0.2) is 18.2 Å². The van der Waals surface area contributed by atoms with Gasteiger partial charge in [0.05, 0.1) is 5.52 Å². The molecule has 0 bridgehead atoms. The van der Waals surface area contributed by atoms with Crippen LogP contribution in [0.5, 0.6) is 0 Å². The van der Waals surface area contributed by atoms with Gasteiger partial charge in [0.25, 0.3) is 0 Å². The number of anilines is 1. The summed E-state index contributed by atoms with van der Waals surface area (Å²) in [6, 6.07) is 6.50. The molecular weight excluding hydrogens is 208 g/mol. The van der Waals surface area contributed by atoms with Gasteiger partial charge in [0.1, 0.15) is 0 Å². The number of aryl methyl sites for hydroxylation is 3. The average molecular weight is 228 g/mol. The van der Waals surface area contributed by atoms with E-state index < -0.39 is 0 Å². The molecule has 0 amide bonds. The number of hydrogen-bond donors (Lipinski definition) is 1. The Labute approximate surface area is 103 Å². The third kappa shape index (κ3) is 2.12. The van der Waals surface area contributed by atoms with Gasteiger partial charge >= 0.3 is 0 Å². The standard InChI is InChI=1S/C15H20N2/c1-5-12-9-13(16-6-2)14-10(3)7-8-11(4)15(14)17-12/h7-9H,5-6H2,1-4H3,(H,16,17). The van der Waals surface area contributed by atoms with Crippen molar-refractivity contribution in [3.8, 4) is 0 Å². The fourth-order valence-electron chi connectivity index (χ4n) is 2.21. The quantitative estimate of drug-likeness (QED) is 0.863.